The molecule has 2 rings (SSSR count). The zero-order valence-electron chi connectivity index (χ0n) is 9.71. The molecule has 3 nitrogen and oxygen atoms in total. The lowest BCUT2D eigenvalue weighted by atomic mass is 10.0. The van der Waals surface area contributed by atoms with Crippen molar-refractivity contribution in [2.24, 2.45) is 5.92 Å². The maximum atomic E-state index is 11.7. The summed E-state index contributed by atoms with van der Waals surface area (Å²) in [6.07, 6.45) is 1.75. The van der Waals surface area contributed by atoms with E-state index >= 15 is 0 Å². The van der Waals surface area contributed by atoms with Crippen molar-refractivity contribution in [2.75, 3.05) is 13.1 Å². The molecule has 1 unspecified atom stereocenters. The normalized spacial score (nSPS) is 19.2. The van der Waals surface area contributed by atoms with Gasteiger partial charge in [0.15, 0.2) is 0 Å². The molecule has 1 aliphatic rings. The fraction of sp³-hybridized carbons (Fsp3) is 0.462. The molecule has 1 aliphatic heterocycles. The molecular formula is C13H17BrN2O. The molecule has 4 heteroatoms. The SMILES string of the molecule is O=C(CC1CCNC1)NCc1ccccc1Br. The highest BCUT2D eigenvalue weighted by atomic mass is 79.9. The molecule has 1 aromatic carbocycles. The van der Waals surface area contributed by atoms with E-state index < -0.39 is 0 Å². The number of hydrogen-bond acceptors (Lipinski definition) is 2. The molecule has 17 heavy (non-hydrogen) atoms. The smallest absolute Gasteiger partial charge is 0.220 e. The van der Waals surface area contributed by atoms with Crippen molar-refractivity contribution < 1.29 is 4.79 Å². The first kappa shape index (κ1) is 12.6. The molecule has 0 spiro atoms. The summed E-state index contributed by atoms with van der Waals surface area (Å²) < 4.78 is 1.04. The Morgan fingerprint density at radius 3 is 3.00 bits per heavy atom. The number of amides is 1. The summed E-state index contributed by atoms with van der Waals surface area (Å²) >= 11 is 3.47. The van der Waals surface area contributed by atoms with E-state index in [1.54, 1.807) is 0 Å². The van der Waals surface area contributed by atoms with Crippen LogP contribution in [0.25, 0.3) is 0 Å². The Morgan fingerprint density at radius 1 is 1.47 bits per heavy atom. The molecule has 0 aliphatic carbocycles. The average Bonchev–Trinajstić information content (AvgIpc) is 2.81. The minimum atomic E-state index is 0.148. The Bertz CT molecular complexity index is 389. The lowest BCUT2D eigenvalue weighted by Gasteiger charge is -2.10. The van der Waals surface area contributed by atoms with Gasteiger partial charge in [-0.15, -0.1) is 0 Å². The molecule has 2 N–H and O–H groups in total. The highest BCUT2D eigenvalue weighted by molar-refractivity contribution is 9.10. The summed E-state index contributed by atoms with van der Waals surface area (Å²) in [5.74, 6) is 0.656. The molecule has 1 amide bonds. The quantitative estimate of drug-likeness (QED) is 0.893. The van der Waals surface area contributed by atoms with Crippen LogP contribution in [0.2, 0.25) is 0 Å². The van der Waals surface area contributed by atoms with Crippen LogP contribution < -0.4 is 10.6 Å². The fourth-order valence-corrected chi connectivity index (χ4v) is 2.48. The molecule has 1 heterocycles. The number of benzene rings is 1. The highest BCUT2D eigenvalue weighted by Gasteiger charge is 2.17. The average molecular weight is 297 g/mol. The van der Waals surface area contributed by atoms with Gasteiger partial charge in [-0.2, -0.15) is 0 Å². The van der Waals surface area contributed by atoms with Gasteiger partial charge in [0, 0.05) is 17.4 Å². The molecule has 0 aromatic heterocycles. The number of carbonyl (C=O) groups excluding carboxylic acids is 1. The predicted octanol–water partition coefficient (Wildman–Crippen LogP) is 2.06. The van der Waals surface area contributed by atoms with Gasteiger partial charge in [0.25, 0.3) is 0 Å². The van der Waals surface area contributed by atoms with Crippen LogP contribution in [0, 0.1) is 5.92 Å². The zero-order chi connectivity index (χ0) is 12.1. The van der Waals surface area contributed by atoms with Crippen LogP contribution in [-0.4, -0.2) is 19.0 Å². The van der Waals surface area contributed by atoms with E-state index in [1.807, 2.05) is 24.3 Å². The minimum Gasteiger partial charge on any atom is -0.352 e. The Labute approximate surface area is 110 Å². The van der Waals surface area contributed by atoms with Crippen LogP contribution >= 0.6 is 15.9 Å². The third kappa shape index (κ3) is 3.82. The number of carbonyl (C=O) groups is 1. The summed E-state index contributed by atoms with van der Waals surface area (Å²) in [7, 11) is 0. The van der Waals surface area contributed by atoms with E-state index in [0.717, 1.165) is 29.5 Å². The lowest BCUT2D eigenvalue weighted by molar-refractivity contribution is -0.122. The van der Waals surface area contributed by atoms with Crippen molar-refractivity contribution in [3.8, 4) is 0 Å². The van der Waals surface area contributed by atoms with Gasteiger partial charge in [-0.3, -0.25) is 4.79 Å². The number of rotatable bonds is 4. The van der Waals surface area contributed by atoms with Crippen molar-refractivity contribution in [1.29, 1.82) is 0 Å². The Balaban J connectivity index is 1.77. The zero-order valence-corrected chi connectivity index (χ0v) is 11.3. The van der Waals surface area contributed by atoms with Crippen LogP contribution in [0.5, 0.6) is 0 Å². The third-order valence-corrected chi connectivity index (χ3v) is 3.84. The second-order valence-corrected chi connectivity index (χ2v) is 5.29. The summed E-state index contributed by atoms with van der Waals surface area (Å²) in [5, 5.41) is 6.24. The number of nitrogens with one attached hydrogen (secondary N) is 2. The number of halogens is 1. The van der Waals surface area contributed by atoms with E-state index in [1.165, 1.54) is 0 Å². The van der Waals surface area contributed by atoms with Gasteiger partial charge < -0.3 is 10.6 Å². The van der Waals surface area contributed by atoms with Gasteiger partial charge in [-0.05, 0) is 37.1 Å². The Kier molecular flexibility index (Phi) is 4.57. The molecule has 0 bridgehead atoms. The van der Waals surface area contributed by atoms with E-state index in [4.69, 9.17) is 0 Å². The molecule has 1 fully saturated rings. The first-order valence-electron chi connectivity index (χ1n) is 5.96. The topological polar surface area (TPSA) is 41.1 Å². The maximum absolute atomic E-state index is 11.7. The minimum absolute atomic E-state index is 0.148. The predicted molar refractivity (Wildman–Crippen MR) is 71.6 cm³/mol. The number of hydrogen-bond donors (Lipinski definition) is 2. The highest BCUT2D eigenvalue weighted by Crippen LogP contribution is 2.16. The van der Waals surface area contributed by atoms with Crippen LogP contribution in [0.15, 0.2) is 28.7 Å². The van der Waals surface area contributed by atoms with Crippen molar-refractivity contribution in [2.45, 2.75) is 19.4 Å². The first-order chi connectivity index (χ1) is 8.25. The third-order valence-electron chi connectivity index (χ3n) is 3.07. The Hall–Kier alpha value is -0.870. The lowest BCUT2D eigenvalue weighted by Crippen LogP contribution is -2.26. The summed E-state index contributed by atoms with van der Waals surface area (Å²) in [4.78, 5) is 11.7. The molecule has 1 atom stereocenters. The molecule has 0 radical (unpaired) electrons. The fourth-order valence-electron chi connectivity index (χ4n) is 2.06. The van der Waals surface area contributed by atoms with E-state index in [-0.39, 0.29) is 5.91 Å². The molecular weight excluding hydrogens is 280 g/mol. The van der Waals surface area contributed by atoms with E-state index in [0.29, 0.717) is 18.9 Å². The van der Waals surface area contributed by atoms with Crippen LogP contribution in [0.1, 0.15) is 18.4 Å². The largest absolute Gasteiger partial charge is 0.352 e. The Morgan fingerprint density at radius 2 is 2.29 bits per heavy atom. The van der Waals surface area contributed by atoms with E-state index in [2.05, 4.69) is 26.6 Å². The van der Waals surface area contributed by atoms with Gasteiger partial charge in [0.1, 0.15) is 0 Å². The molecule has 1 saturated heterocycles. The van der Waals surface area contributed by atoms with Gasteiger partial charge in [0.05, 0.1) is 0 Å². The summed E-state index contributed by atoms with van der Waals surface area (Å²) in [6.45, 7) is 2.62. The van der Waals surface area contributed by atoms with Crippen molar-refractivity contribution in [3.05, 3.63) is 34.3 Å². The van der Waals surface area contributed by atoms with Crippen LogP contribution in [0.3, 0.4) is 0 Å². The first-order valence-corrected chi connectivity index (χ1v) is 6.76. The van der Waals surface area contributed by atoms with E-state index in [9.17, 15) is 4.79 Å². The summed E-state index contributed by atoms with van der Waals surface area (Å²) in [5.41, 5.74) is 1.12. The second-order valence-electron chi connectivity index (χ2n) is 4.43. The van der Waals surface area contributed by atoms with Crippen LogP contribution in [0.4, 0.5) is 0 Å². The summed E-state index contributed by atoms with van der Waals surface area (Å²) in [6, 6.07) is 7.95. The molecule has 92 valence electrons. The maximum Gasteiger partial charge on any atom is 0.220 e. The molecule has 0 saturated carbocycles. The van der Waals surface area contributed by atoms with Crippen molar-refractivity contribution in [3.63, 3.8) is 0 Å². The van der Waals surface area contributed by atoms with Gasteiger partial charge in [-0.1, -0.05) is 34.1 Å². The van der Waals surface area contributed by atoms with Crippen molar-refractivity contribution >= 4 is 21.8 Å². The second kappa shape index (κ2) is 6.17. The van der Waals surface area contributed by atoms with Gasteiger partial charge in [-0.25, -0.2) is 0 Å². The molecule has 1 aromatic rings. The van der Waals surface area contributed by atoms with Gasteiger partial charge in [0.2, 0.25) is 5.91 Å². The van der Waals surface area contributed by atoms with Crippen LogP contribution in [-0.2, 0) is 11.3 Å². The van der Waals surface area contributed by atoms with Gasteiger partial charge >= 0.3 is 0 Å². The standard InChI is InChI=1S/C13H17BrN2O/c14-12-4-2-1-3-11(12)9-16-13(17)7-10-5-6-15-8-10/h1-4,10,15H,5-9H2,(H,16,17). The van der Waals surface area contributed by atoms with Crippen molar-refractivity contribution in [1.82, 2.24) is 10.6 Å². The monoisotopic (exact) mass is 296 g/mol.